The monoisotopic (exact) mass is 429 g/mol. The van der Waals surface area contributed by atoms with Gasteiger partial charge in [0.25, 0.3) is 0 Å². The smallest absolute Gasteiger partial charge is 0.321 e. The number of carbonyl (C=O) groups is 2. The number of hydrogen-bond acceptors (Lipinski definition) is 4. The van der Waals surface area contributed by atoms with E-state index in [1.54, 1.807) is 24.0 Å². The lowest BCUT2D eigenvalue weighted by molar-refractivity contribution is -0.134. The third kappa shape index (κ3) is 3.69. The van der Waals surface area contributed by atoms with Crippen LogP contribution in [0.5, 0.6) is 0 Å². The summed E-state index contributed by atoms with van der Waals surface area (Å²) in [6.07, 6.45) is 3.96. The number of carbonyl (C=O) groups excluding carboxylic acids is 2. The molecule has 3 heterocycles. The van der Waals surface area contributed by atoms with Gasteiger partial charge in [-0.05, 0) is 50.4 Å². The van der Waals surface area contributed by atoms with E-state index in [2.05, 4.69) is 27.1 Å². The van der Waals surface area contributed by atoms with Gasteiger partial charge >= 0.3 is 6.03 Å². The number of hydrogen-bond donors (Lipinski definition) is 1. The van der Waals surface area contributed by atoms with Crippen LogP contribution in [-0.4, -0.2) is 89.6 Å². The van der Waals surface area contributed by atoms with Gasteiger partial charge in [-0.25, -0.2) is 9.18 Å². The molecule has 0 bridgehead atoms. The molecule has 3 aliphatic heterocycles. The molecule has 4 aliphatic rings. The fourth-order valence-corrected chi connectivity index (χ4v) is 5.49. The molecule has 5 rings (SSSR count). The Morgan fingerprint density at radius 1 is 1.19 bits per heavy atom. The van der Waals surface area contributed by atoms with Gasteiger partial charge in [-0.15, -0.1) is 0 Å². The largest absolute Gasteiger partial charge is 0.324 e. The fraction of sp³-hybridized carbons (Fsp3) is 0.652. The van der Waals surface area contributed by atoms with E-state index in [9.17, 15) is 14.0 Å². The number of fused-ring (bicyclic) bond motifs is 2. The van der Waals surface area contributed by atoms with Crippen LogP contribution in [0.1, 0.15) is 31.2 Å². The summed E-state index contributed by atoms with van der Waals surface area (Å²) in [5.41, 5.74) is 0.762. The number of benzene rings is 1. The molecular formula is C23H32FN5O2. The van der Waals surface area contributed by atoms with Crippen LogP contribution in [-0.2, 0) is 4.79 Å². The zero-order chi connectivity index (χ0) is 21.8. The number of piperazine rings is 1. The number of rotatable bonds is 3. The van der Waals surface area contributed by atoms with E-state index >= 15 is 0 Å². The topological polar surface area (TPSA) is 59.1 Å². The molecule has 3 amide bonds. The molecule has 1 N–H and O–H groups in total. The molecular weight excluding hydrogens is 397 g/mol. The maximum Gasteiger partial charge on any atom is 0.321 e. The van der Waals surface area contributed by atoms with Crippen molar-refractivity contribution in [1.29, 1.82) is 0 Å². The van der Waals surface area contributed by atoms with Crippen LogP contribution in [0.15, 0.2) is 18.2 Å². The molecule has 168 valence electrons. The minimum atomic E-state index is -0.323. The molecule has 1 aromatic rings. The van der Waals surface area contributed by atoms with Gasteiger partial charge in [-0.1, -0.05) is 6.07 Å². The Balaban J connectivity index is 1.30. The van der Waals surface area contributed by atoms with Crippen LogP contribution in [0, 0.1) is 18.7 Å². The van der Waals surface area contributed by atoms with E-state index in [0.29, 0.717) is 30.3 Å². The van der Waals surface area contributed by atoms with Crippen molar-refractivity contribution in [1.82, 2.24) is 19.6 Å². The molecule has 1 aromatic carbocycles. The van der Waals surface area contributed by atoms with Crippen molar-refractivity contribution < 1.29 is 14.0 Å². The molecule has 1 saturated carbocycles. The van der Waals surface area contributed by atoms with E-state index in [1.165, 1.54) is 18.9 Å². The van der Waals surface area contributed by atoms with Crippen molar-refractivity contribution >= 4 is 17.6 Å². The van der Waals surface area contributed by atoms with Crippen molar-refractivity contribution in [2.75, 3.05) is 51.6 Å². The van der Waals surface area contributed by atoms with Crippen molar-refractivity contribution in [3.8, 4) is 0 Å². The second-order valence-corrected chi connectivity index (χ2v) is 9.73. The lowest BCUT2D eigenvalue weighted by Gasteiger charge is -2.50. The summed E-state index contributed by atoms with van der Waals surface area (Å²) < 4.78 is 13.8. The summed E-state index contributed by atoms with van der Waals surface area (Å²) in [6, 6.07) is 4.49. The van der Waals surface area contributed by atoms with Gasteiger partial charge in [0.15, 0.2) is 0 Å². The van der Waals surface area contributed by atoms with Crippen molar-refractivity contribution in [3.63, 3.8) is 0 Å². The number of nitrogens with zero attached hydrogens (tertiary/aromatic N) is 4. The summed E-state index contributed by atoms with van der Waals surface area (Å²) in [4.78, 5) is 34.8. The predicted molar refractivity (Wildman–Crippen MR) is 116 cm³/mol. The van der Waals surface area contributed by atoms with E-state index < -0.39 is 0 Å². The van der Waals surface area contributed by atoms with Gasteiger partial charge in [0.2, 0.25) is 5.91 Å². The predicted octanol–water partition coefficient (Wildman–Crippen LogP) is 2.33. The average molecular weight is 430 g/mol. The minimum absolute atomic E-state index is 0.0617. The summed E-state index contributed by atoms with van der Waals surface area (Å²) in [6.45, 7) is 6.37. The SMILES string of the molecule is Cc1ccc(NC(=O)N2CCC3(CC2)N(CC2CC2)C(=O)[C@H]2CN(C)CCN23)cc1F. The quantitative estimate of drug-likeness (QED) is 0.801. The lowest BCUT2D eigenvalue weighted by Crippen LogP contribution is -2.64. The molecule has 0 radical (unpaired) electrons. The van der Waals surface area contributed by atoms with Crippen LogP contribution < -0.4 is 5.32 Å². The number of anilines is 1. The number of likely N-dealkylation sites (N-methyl/N-ethyl adjacent to an activating group) is 1. The zero-order valence-corrected chi connectivity index (χ0v) is 18.4. The molecule has 4 fully saturated rings. The minimum Gasteiger partial charge on any atom is -0.324 e. The number of likely N-dealkylation sites (tertiary alicyclic amines) is 1. The number of nitrogens with one attached hydrogen (secondary N) is 1. The van der Waals surface area contributed by atoms with Crippen molar-refractivity contribution in [2.45, 2.75) is 44.3 Å². The standard InChI is InChI=1S/C23H32FN5O2/c1-16-3-6-18(13-19(16)24)25-22(31)27-9-7-23(8-10-27)28-12-11-26(2)15-20(28)21(30)29(23)14-17-4-5-17/h3,6,13,17,20H,4-5,7-12,14-15H2,1-2H3,(H,25,31)/t20-/m1/s1. The first-order valence-corrected chi connectivity index (χ1v) is 11.5. The first-order valence-electron chi connectivity index (χ1n) is 11.5. The van der Waals surface area contributed by atoms with Crippen LogP contribution in [0.4, 0.5) is 14.9 Å². The lowest BCUT2D eigenvalue weighted by atomic mass is 9.93. The number of amides is 3. The van der Waals surface area contributed by atoms with Crippen LogP contribution in [0.25, 0.3) is 0 Å². The number of piperidine rings is 1. The van der Waals surface area contributed by atoms with Crippen molar-refractivity contribution in [2.24, 2.45) is 5.92 Å². The Labute approximate surface area is 183 Å². The Bertz CT molecular complexity index is 881. The normalized spacial score (nSPS) is 26.4. The Kier molecular flexibility index (Phi) is 5.17. The third-order valence-corrected chi connectivity index (χ3v) is 7.58. The van der Waals surface area contributed by atoms with Gasteiger partial charge in [-0.2, -0.15) is 0 Å². The molecule has 1 aliphatic carbocycles. The van der Waals surface area contributed by atoms with Crippen molar-refractivity contribution in [3.05, 3.63) is 29.6 Å². The van der Waals surface area contributed by atoms with E-state index in [-0.39, 0.29) is 29.5 Å². The maximum absolute atomic E-state index is 13.8. The Morgan fingerprint density at radius 3 is 2.61 bits per heavy atom. The molecule has 8 heteroatoms. The molecule has 1 spiro atoms. The summed E-state index contributed by atoms with van der Waals surface area (Å²) in [5, 5.41) is 2.83. The maximum atomic E-state index is 13.8. The second-order valence-electron chi connectivity index (χ2n) is 9.73. The molecule has 3 saturated heterocycles. The van der Waals surface area contributed by atoms with Gasteiger partial charge in [0.1, 0.15) is 17.5 Å². The molecule has 1 atom stereocenters. The van der Waals surface area contributed by atoms with Gasteiger partial charge < -0.3 is 20.0 Å². The highest BCUT2D eigenvalue weighted by atomic mass is 19.1. The highest BCUT2D eigenvalue weighted by molar-refractivity contribution is 5.89. The van der Waals surface area contributed by atoms with Crippen LogP contribution >= 0.6 is 0 Å². The van der Waals surface area contributed by atoms with Crippen LogP contribution in [0.2, 0.25) is 0 Å². The summed E-state index contributed by atoms with van der Waals surface area (Å²) in [5.74, 6) is 0.584. The molecule has 0 unspecified atom stereocenters. The second kappa shape index (κ2) is 7.74. The van der Waals surface area contributed by atoms with Gasteiger partial charge in [0, 0.05) is 57.8 Å². The first-order chi connectivity index (χ1) is 14.9. The van der Waals surface area contributed by atoms with Gasteiger partial charge in [0.05, 0.1) is 0 Å². The molecule has 0 aromatic heterocycles. The van der Waals surface area contributed by atoms with E-state index in [0.717, 1.165) is 39.0 Å². The highest BCUT2D eigenvalue weighted by Crippen LogP contribution is 2.44. The average Bonchev–Trinajstić information content (AvgIpc) is 3.55. The Hall–Kier alpha value is -2.19. The van der Waals surface area contributed by atoms with E-state index in [1.807, 2.05) is 0 Å². The Morgan fingerprint density at radius 2 is 1.94 bits per heavy atom. The molecule has 31 heavy (non-hydrogen) atoms. The third-order valence-electron chi connectivity index (χ3n) is 7.58. The first kappa shape index (κ1) is 20.7. The summed E-state index contributed by atoms with van der Waals surface area (Å²) in [7, 11) is 2.09. The number of aryl methyl sites for hydroxylation is 1. The fourth-order valence-electron chi connectivity index (χ4n) is 5.49. The highest BCUT2D eigenvalue weighted by Gasteiger charge is 2.59. The molecule has 7 nitrogen and oxygen atoms in total. The zero-order valence-electron chi connectivity index (χ0n) is 18.4. The van der Waals surface area contributed by atoms with Gasteiger partial charge in [-0.3, -0.25) is 9.69 Å². The van der Waals surface area contributed by atoms with E-state index in [4.69, 9.17) is 0 Å². The summed E-state index contributed by atoms with van der Waals surface area (Å²) >= 11 is 0. The van der Waals surface area contributed by atoms with Crippen LogP contribution in [0.3, 0.4) is 0 Å². The number of halogens is 1. The number of urea groups is 1.